The first-order valence-electron chi connectivity index (χ1n) is 8.53. The first-order valence-corrected chi connectivity index (χ1v) is 9.35. The van der Waals surface area contributed by atoms with Crippen LogP contribution in [0.3, 0.4) is 0 Å². The number of carbonyl (C=O) groups is 2. The second-order valence-electron chi connectivity index (χ2n) is 6.17. The molecule has 1 amide bonds. The average Bonchev–Trinajstić information content (AvgIpc) is 3.12. The molecule has 0 aliphatic carbocycles. The second kappa shape index (κ2) is 7.21. The Morgan fingerprint density at radius 1 is 1.04 bits per heavy atom. The monoisotopic (exact) mass is 389 g/mol. The number of anilines is 1. The van der Waals surface area contributed by atoms with Gasteiger partial charge in [0.15, 0.2) is 10.9 Å². The lowest BCUT2D eigenvalue weighted by molar-refractivity contribution is 0.101. The van der Waals surface area contributed by atoms with Crippen LogP contribution in [0.25, 0.3) is 22.2 Å². The first-order chi connectivity index (χ1) is 13.5. The maximum Gasteiger partial charge on any atom is 0.258 e. The molecule has 4 rings (SSSR count). The number of carbonyl (C=O) groups excluding carboxylic acids is 2. The number of aromatic nitrogens is 2. The van der Waals surface area contributed by atoms with E-state index in [9.17, 15) is 14.4 Å². The predicted molar refractivity (Wildman–Crippen MR) is 110 cm³/mol. The van der Waals surface area contributed by atoms with Crippen molar-refractivity contribution in [1.82, 2.24) is 9.97 Å². The number of aromatic amines is 1. The van der Waals surface area contributed by atoms with Crippen molar-refractivity contribution in [1.29, 1.82) is 0 Å². The van der Waals surface area contributed by atoms with Gasteiger partial charge in [0.05, 0.1) is 16.1 Å². The van der Waals surface area contributed by atoms with Crippen LogP contribution in [-0.4, -0.2) is 21.7 Å². The number of nitrogens with one attached hydrogen (secondary N) is 2. The van der Waals surface area contributed by atoms with Crippen LogP contribution in [0.2, 0.25) is 0 Å². The van der Waals surface area contributed by atoms with E-state index < -0.39 is 5.91 Å². The number of para-hydroxylation sites is 1. The highest BCUT2D eigenvalue weighted by Crippen LogP contribution is 2.32. The molecule has 2 N–H and O–H groups in total. The van der Waals surface area contributed by atoms with Gasteiger partial charge in [0, 0.05) is 29.5 Å². The van der Waals surface area contributed by atoms with Gasteiger partial charge in [-0.15, -0.1) is 0 Å². The zero-order chi connectivity index (χ0) is 19.7. The second-order valence-corrected chi connectivity index (χ2v) is 7.17. The molecule has 4 aromatic rings. The van der Waals surface area contributed by atoms with Gasteiger partial charge in [-0.2, -0.15) is 0 Å². The van der Waals surface area contributed by atoms with Crippen LogP contribution in [0.5, 0.6) is 0 Å². The van der Waals surface area contributed by atoms with Crippen LogP contribution in [-0.2, 0) is 0 Å². The summed E-state index contributed by atoms with van der Waals surface area (Å²) in [6, 6.07) is 17.7. The molecular formula is C21H15N3O3S. The van der Waals surface area contributed by atoms with Gasteiger partial charge in [-0.1, -0.05) is 59.9 Å². The van der Waals surface area contributed by atoms with Crippen LogP contribution in [0.1, 0.15) is 27.0 Å². The van der Waals surface area contributed by atoms with E-state index >= 15 is 0 Å². The quantitative estimate of drug-likeness (QED) is 0.514. The highest BCUT2D eigenvalue weighted by atomic mass is 32.1. The van der Waals surface area contributed by atoms with E-state index in [1.807, 2.05) is 30.3 Å². The minimum absolute atomic E-state index is 0.126. The highest BCUT2D eigenvalue weighted by Gasteiger charge is 2.19. The Balaban J connectivity index is 1.73. The fourth-order valence-electron chi connectivity index (χ4n) is 2.96. The Morgan fingerprint density at radius 2 is 1.75 bits per heavy atom. The van der Waals surface area contributed by atoms with Crippen LogP contribution in [0.4, 0.5) is 5.13 Å². The third kappa shape index (κ3) is 3.35. The molecule has 0 saturated carbocycles. The zero-order valence-corrected chi connectivity index (χ0v) is 15.7. The number of pyridine rings is 1. The van der Waals surface area contributed by atoms with Crippen molar-refractivity contribution in [3.8, 4) is 11.3 Å². The molecule has 0 aliphatic heterocycles. The van der Waals surface area contributed by atoms with E-state index in [4.69, 9.17) is 0 Å². The third-order valence-electron chi connectivity index (χ3n) is 4.21. The number of nitrogens with zero attached hydrogens (tertiary/aromatic N) is 1. The average molecular weight is 389 g/mol. The van der Waals surface area contributed by atoms with E-state index in [-0.39, 0.29) is 16.9 Å². The topological polar surface area (TPSA) is 91.9 Å². The summed E-state index contributed by atoms with van der Waals surface area (Å²) in [5.74, 6) is -0.579. The van der Waals surface area contributed by atoms with Crippen molar-refractivity contribution in [2.45, 2.75) is 6.92 Å². The molecule has 0 radical (unpaired) electrons. The predicted octanol–water partition coefficient (Wildman–Crippen LogP) is 4.11. The van der Waals surface area contributed by atoms with E-state index in [0.29, 0.717) is 26.6 Å². The van der Waals surface area contributed by atoms with E-state index in [0.717, 1.165) is 16.9 Å². The Kier molecular flexibility index (Phi) is 4.58. The summed E-state index contributed by atoms with van der Waals surface area (Å²) in [5.41, 5.74) is 1.79. The number of H-pyrrole nitrogens is 1. The Morgan fingerprint density at radius 3 is 2.50 bits per heavy atom. The van der Waals surface area contributed by atoms with Crippen LogP contribution < -0.4 is 10.9 Å². The molecule has 7 heteroatoms. The lowest BCUT2D eigenvalue weighted by Crippen LogP contribution is -2.16. The fraction of sp³-hybridized carbons (Fsp3) is 0.0476. The molecular weight excluding hydrogens is 374 g/mol. The molecule has 0 saturated heterocycles. The Bertz CT molecular complexity index is 1260. The molecule has 0 fully saturated rings. The number of hydrogen-bond donors (Lipinski definition) is 2. The molecule has 2 aromatic carbocycles. The molecule has 138 valence electrons. The Hall–Kier alpha value is -3.58. The maximum atomic E-state index is 12.8. The van der Waals surface area contributed by atoms with Crippen molar-refractivity contribution in [3.05, 3.63) is 81.5 Å². The molecule has 0 unspecified atom stereocenters. The number of benzene rings is 2. The summed E-state index contributed by atoms with van der Waals surface area (Å²) in [6.07, 6.45) is 0. The lowest BCUT2D eigenvalue weighted by Gasteiger charge is -2.05. The summed E-state index contributed by atoms with van der Waals surface area (Å²) in [4.78, 5) is 44.4. The number of amides is 1. The number of ketones is 1. The molecule has 2 heterocycles. The largest absolute Gasteiger partial charge is 0.322 e. The van der Waals surface area contributed by atoms with Gasteiger partial charge < -0.3 is 4.98 Å². The molecule has 0 bridgehead atoms. The molecule has 0 atom stereocenters. The van der Waals surface area contributed by atoms with Crippen molar-refractivity contribution >= 4 is 39.1 Å². The van der Waals surface area contributed by atoms with Crippen molar-refractivity contribution < 1.29 is 9.59 Å². The smallest absolute Gasteiger partial charge is 0.258 e. The normalized spacial score (nSPS) is 10.8. The van der Waals surface area contributed by atoms with E-state index in [1.165, 1.54) is 13.0 Å². The third-order valence-corrected chi connectivity index (χ3v) is 5.28. The van der Waals surface area contributed by atoms with Crippen LogP contribution in [0.15, 0.2) is 65.5 Å². The summed E-state index contributed by atoms with van der Waals surface area (Å²) in [6.45, 7) is 1.47. The minimum Gasteiger partial charge on any atom is -0.322 e. The fourth-order valence-corrected chi connectivity index (χ4v) is 3.84. The lowest BCUT2D eigenvalue weighted by atomic mass is 10.1. The molecule has 0 aliphatic rings. The SMILES string of the molecule is CC(=O)c1sc(NC(=O)c2cc(=O)[nH]c3ccccc23)nc1-c1ccccc1. The molecule has 28 heavy (non-hydrogen) atoms. The summed E-state index contributed by atoms with van der Waals surface area (Å²) < 4.78 is 0. The number of Topliss-reactive ketones (excluding diaryl/α,β-unsaturated/α-hetero) is 1. The summed E-state index contributed by atoms with van der Waals surface area (Å²) in [5, 5.41) is 3.66. The summed E-state index contributed by atoms with van der Waals surface area (Å²) >= 11 is 1.12. The van der Waals surface area contributed by atoms with Gasteiger partial charge in [0.2, 0.25) is 5.56 Å². The maximum absolute atomic E-state index is 12.8. The number of fused-ring (bicyclic) bond motifs is 1. The van der Waals surface area contributed by atoms with Gasteiger partial charge in [-0.05, 0) is 6.07 Å². The zero-order valence-electron chi connectivity index (χ0n) is 14.9. The van der Waals surface area contributed by atoms with E-state index in [1.54, 1.807) is 24.3 Å². The number of thiazole rings is 1. The van der Waals surface area contributed by atoms with Gasteiger partial charge in [-0.25, -0.2) is 4.98 Å². The first kappa shape index (κ1) is 17.8. The molecule has 0 spiro atoms. The van der Waals surface area contributed by atoms with Gasteiger partial charge in [0.1, 0.15) is 0 Å². The summed E-state index contributed by atoms with van der Waals surface area (Å²) in [7, 11) is 0. The minimum atomic E-state index is -0.453. The highest BCUT2D eigenvalue weighted by molar-refractivity contribution is 7.18. The van der Waals surface area contributed by atoms with Crippen molar-refractivity contribution in [2.75, 3.05) is 5.32 Å². The standard InChI is InChI=1S/C21H15N3O3S/c1-12(25)19-18(13-7-3-2-4-8-13)23-21(28-19)24-20(27)15-11-17(26)22-16-10-6-5-9-14(15)16/h2-11H,1H3,(H,22,26)(H,23,24,27). The van der Waals surface area contributed by atoms with E-state index in [2.05, 4.69) is 15.3 Å². The van der Waals surface area contributed by atoms with Crippen LogP contribution >= 0.6 is 11.3 Å². The molecule has 6 nitrogen and oxygen atoms in total. The Labute approximate surface area is 163 Å². The van der Waals surface area contributed by atoms with Crippen molar-refractivity contribution in [3.63, 3.8) is 0 Å². The van der Waals surface area contributed by atoms with Crippen LogP contribution in [0, 0.1) is 0 Å². The van der Waals surface area contributed by atoms with Gasteiger partial charge in [0.25, 0.3) is 5.91 Å². The number of rotatable bonds is 4. The van der Waals surface area contributed by atoms with Crippen molar-refractivity contribution in [2.24, 2.45) is 0 Å². The van der Waals surface area contributed by atoms with Gasteiger partial charge >= 0.3 is 0 Å². The molecule has 2 aromatic heterocycles. The van der Waals surface area contributed by atoms with Gasteiger partial charge in [-0.3, -0.25) is 19.7 Å². The number of hydrogen-bond acceptors (Lipinski definition) is 5.